The molecule has 0 radical (unpaired) electrons. The first-order valence-electron chi connectivity index (χ1n) is 4.24. The predicted octanol–water partition coefficient (Wildman–Crippen LogP) is 1.40. The maximum atomic E-state index is 12.1. The van der Waals surface area contributed by atoms with Crippen LogP contribution < -0.4 is 5.73 Å². The molecule has 12 heavy (non-hydrogen) atoms. The van der Waals surface area contributed by atoms with E-state index < -0.39 is 11.8 Å². The Balaban J connectivity index is 2.48. The monoisotopic (exact) mass is 179 g/mol. The van der Waals surface area contributed by atoms with Gasteiger partial charge in [-0.05, 0) is 12.8 Å². The molecule has 0 aromatic heterocycles. The summed E-state index contributed by atoms with van der Waals surface area (Å²) in [5, 5.41) is 0. The molecule has 1 atom stereocenters. The fourth-order valence-electron chi connectivity index (χ4n) is 1.64. The van der Waals surface area contributed by atoms with E-state index in [-0.39, 0.29) is 6.42 Å². The van der Waals surface area contributed by atoms with Crippen molar-refractivity contribution < 1.29 is 13.5 Å². The molecule has 2 nitrogen and oxygen atoms in total. The lowest BCUT2D eigenvalue weighted by molar-refractivity contribution is -0.0372. The van der Waals surface area contributed by atoms with Crippen molar-refractivity contribution in [2.24, 2.45) is 11.1 Å². The number of hydrogen-bond acceptors (Lipinski definition) is 2. The Hall–Kier alpha value is -0.220. The summed E-state index contributed by atoms with van der Waals surface area (Å²) in [5.41, 5.74) is 5.02. The van der Waals surface area contributed by atoms with Crippen LogP contribution in [0.15, 0.2) is 0 Å². The van der Waals surface area contributed by atoms with Gasteiger partial charge in [0.15, 0.2) is 0 Å². The Labute approximate surface area is 71.1 Å². The molecule has 0 aromatic carbocycles. The van der Waals surface area contributed by atoms with E-state index >= 15 is 0 Å². The lowest BCUT2D eigenvalue weighted by atomic mass is 9.80. The second-order valence-corrected chi connectivity index (χ2v) is 3.46. The highest BCUT2D eigenvalue weighted by molar-refractivity contribution is 4.83. The van der Waals surface area contributed by atoms with Crippen molar-refractivity contribution in [3.05, 3.63) is 0 Å². The molecule has 1 rings (SSSR count). The number of halogens is 2. The molecule has 0 aliphatic carbocycles. The number of alkyl halides is 2. The van der Waals surface area contributed by atoms with Crippen molar-refractivity contribution >= 4 is 0 Å². The molecule has 1 unspecified atom stereocenters. The summed E-state index contributed by atoms with van der Waals surface area (Å²) in [4.78, 5) is 0. The average molecular weight is 179 g/mol. The van der Waals surface area contributed by atoms with E-state index in [1.165, 1.54) is 0 Å². The van der Waals surface area contributed by atoms with Gasteiger partial charge in [-0.25, -0.2) is 8.78 Å². The largest absolute Gasteiger partial charge is 0.381 e. The smallest absolute Gasteiger partial charge is 0.239 e. The molecule has 0 saturated carbocycles. The van der Waals surface area contributed by atoms with Crippen LogP contribution in [0.25, 0.3) is 0 Å². The van der Waals surface area contributed by atoms with E-state index in [4.69, 9.17) is 10.5 Å². The molecule has 4 heteroatoms. The third kappa shape index (κ3) is 2.38. The SMILES string of the molecule is NCC1(CC(F)F)CCCOC1. The van der Waals surface area contributed by atoms with E-state index in [1.54, 1.807) is 0 Å². The summed E-state index contributed by atoms with van der Waals surface area (Å²) in [6, 6.07) is 0. The van der Waals surface area contributed by atoms with Crippen LogP contribution in [0, 0.1) is 5.41 Å². The standard InChI is InChI=1S/C8H15F2NO/c9-7(10)4-8(5-11)2-1-3-12-6-8/h7H,1-6,11H2. The van der Waals surface area contributed by atoms with Crippen LogP contribution in [-0.4, -0.2) is 26.2 Å². The van der Waals surface area contributed by atoms with Gasteiger partial charge >= 0.3 is 0 Å². The van der Waals surface area contributed by atoms with Gasteiger partial charge in [0.1, 0.15) is 0 Å². The first-order chi connectivity index (χ1) is 5.68. The number of ether oxygens (including phenoxy) is 1. The van der Waals surface area contributed by atoms with Crippen LogP contribution >= 0.6 is 0 Å². The van der Waals surface area contributed by atoms with Crippen LogP contribution in [0.5, 0.6) is 0 Å². The van der Waals surface area contributed by atoms with Crippen LogP contribution in [0.3, 0.4) is 0 Å². The van der Waals surface area contributed by atoms with Crippen molar-refractivity contribution in [1.82, 2.24) is 0 Å². The van der Waals surface area contributed by atoms with E-state index in [0.29, 0.717) is 19.8 Å². The molecule has 1 aliphatic heterocycles. The van der Waals surface area contributed by atoms with E-state index in [9.17, 15) is 8.78 Å². The minimum Gasteiger partial charge on any atom is -0.381 e. The highest BCUT2D eigenvalue weighted by Crippen LogP contribution is 2.33. The molecule has 0 spiro atoms. The Kier molecular flexibility index (Phi) is 3.40. The van der Waals surface area contributed by atoms with Gasteiger partial charge in [0.25, 0.3) is 0 Å². The van der Waals surface area contributed by atoms with Gasteiger partial charge < -0.3 is 10.5 Å². The van der Waals surface area contributed by atoms with E-state index in [0.717, 1.165) is 12.8 Å². The maximum Gasteiger partial charge on any atom is 0.239 e. The van der Waals surface area contributed by atoms with Gasteiger partial charge in [-0.3, -0.25) is 0 Å². The molecule has 72 valence electrons. The van der Waals surface area contributed by atoms with Crippen LogP contribution in [0.4, 0.5) is 8.78 Å². The van der Waals surface area contributed by atoms with Gasteiger partial charge in [-0.2, -0.15) is 0 Å². The topological polar surface area (TPSA) is 35.2 Å². The fraction of sp³-hybridized carbons (Fsp3) is 1.00. The Morgan fingerprint density at radius 2 is 2.25 bits per heavy atom. The molecular formula is C8H15F2NO. The molecule has 0 aromatic rings. The number of rotatable bonds is 3. The zero-order chi connectivity index (χ0) is 9.03. The van der Waals surface area contributed by atoms with Crippen molar-refractivity contribution in [3.63, 3.8) is 0 Å². The van der Waals surface area contributed by atoms with Gasteiger partial charge in [-0.15, -0.1) is 0 Å². The molecule has 1 heterocycles. The third-order valence-electron chi connectivity index (χ3n) is 2.42. The third-order valence-corrected chi connectivity index (χ3v) is 2.42. The van der Waals surface area contributed by atoms with Gasteiger partial charge in [0.2, 0.25) is 6.43 Å². The maximum absolute atomic E-state index is 12.1. The van der Waals surface area contributed by atoms with Crippen molar-refractivity contribution in [2.45, 2.75) is 25.7 Å². The number of nitrogens with two attached hydrogens (primary N) is 1. The first-order valence-corrected chi connectivity index (χ1v) is 4.24. The summed E-state index contributed by atoms with van der Waals surface area (Å²) in [6.45, 7) is 1.39. The quantitative estimate of drug-likeness (QED) is 0.710. The minimum absolute atomic E-state index is 0.122. The van der Waals surface area contributed by atoms with E-state index in [1.807, 2.05) is 0 Å². The Morgan fingerprint density at radius 1 is 1.50 bits per heavy atom. The first kappa shape index (κ1) is 9.86. The Bertz CT molecular complexity index is 135. The summed E-state index contributed by atoms with van der Waals surface area (Å²) in [5.74, 6) is 0. The summed E-state index contributed by atoms with van der Waals surface area (Å²) < 4.78 is 29.4. The lowest BCUT2D eigenvalue weighted by Gasteiger charge is -2.35. The molecular weight excluding hydrogens is 164 g/mol. The summed E-state index contributed by atoms with van der Waals surface area (Å²) >= 11 is 0. The second-order valence-electron chi connectivity index (χ2n) is 3.46. The minimum atomic E-state index is -2.27. The highest BCUT2D eigenvalue weighted by Gasteiger charge is 2.34. The van der Waals surface area contributed by atoms with Crippen LogP contribution in [0.2, 0.25) is 0 Å². The van der Waals surface area contributed by atoms with Crippen LogP contribution in [-0.2, 0) is 4.74 Å². The highest BCUT2D eigenvalue weighted by atomic mass is 19.3. The second kappa shape index (κ2) is 4.14. The lowest BCUT2D eigenvalue weighted by Crippen LogP contribution is -2.40. The van der Waals surface area contributed by atoms with Crippen molar-refractivity contribution in [3.8, 4) is 0 Å². The summed E-state index contributed by atoms with van der Waals surface area (Å²) in [6.07, 6.45) is -0.767. The molecule has 0 bridgehead atoms. The molecule has 1 aliphatic rings. The number of hydrogen-bond donors (Lipinski definition) is 1. The molecule has 0 amide bonds. The van der Waals surface area contributed by atoms with E-state index in [2.05, 4.69) is 0 Å². The molecule has 1 fully saturated rings. The summed E-state index contributed by atoms with van der Waals surface area (Å²) in [7, 11) is 0. The van der Waals surface area contributed by atoms with Gasteiger partial charge in [0.05, 0.1) is 6.61 Å². The zero-order valence-corrected chi connectivity index (χ0v) is 7.06. The van der Waals surface area contributed by atoms with Gasteiger partial charge in [0, 0.05) is 25.0 Å². The predicted molar refractivity (Wildman–Crippen MR) is 42.2 cm³/mol. The molecule has 2 N–H and O–H groups in total. The van der Waals surface area contributed by atoms with Gasteiger partial charge in [-0.1, -0.05) is 0 Å². The fourth-order valence-corrected chi connectivity index (χ4v) is 1.64. The normalized spacial score (nSPS) is 31.0. The van der Waals surface area contributed by atoms with Crippen molar-refractivity contribution in [2.75, 3.05) is 19.8 Å². The average Bonchev–Trinajstić information content (AvgIpc) is 2.05. The van der Waals surface area contributed by atoms with Crippen LogP contribution in [0.1, 0.15) is 19.3 Å². The molecule has 1 saturated heterocycles. The zero-order valence-electron chi connectivity index (χ0n) is 7.06. The Morgan fingerprint density at radius 3 is 2.67 bits per heavy atom. The van der Waals surface area contributed by atoms with Crippen molar-refractivity contribution in [1.29, 1.82) is 0 Å².